The quantitative estimate of drug-likeness (QED) is 0.833. The molecule has 0 spiro atoms. The van der Waals surface area contributed by atoms with Gasteiger partial charge in [0.15, 0.2) is 11.6 Å². The highest BCUT2D eigenvalue weighted by molar-refractivity contribution is 5.73. The second-order valence-corrected chi connectivity index (χ2v) is 6.26. The van der Waals surface area contributed by atoms with Gasteiger partial charge in [-0.15, -0.1) is 0 Å². The summed E-state index contributed by atoms with van der Waals surface area (Å²) in [5, 5.41) is 0. The lowest BCUT2D eigenvalue weighted by Gasteiger charge is -2.29. The molecule has 1 aliphatic heterocycles. The van der Waals surface area contributed by atoms with Crippen molar-refractivity contribution in [1.82, 2.24) is 4.90 Å². The van der Waals surface area contributed by atoms with E-state index in [0.29, 0.717) is 19.5 Å². The maximum Gasteiger partial charge on any atom is 0.410 e. The van der Waals surface area contributed by atoms with Gasteiger partial charge in [0.1, 0.15) is 5.60 Å². The van der Waals surface area contributed by atoms with E-state index < -0.39 is 5.60 Å². The predicted molar refractivity (Wildman–Crippen MR) is 83.4 cm³/mol. The lowest BCUT2D eigenvalue weighted by Crippen LogP contribution is -2.39. The zero-order valence-electron chi connectivity index (χ0n) is 13.5. The Kier molecular flexibility index (Phi) is 4.74. The topological polar surface area (TPSA) is 38.8 Å². The molecule has 0 N–H and O–H groups in total. The molecule has 5 heteroatoms. The van der Waals surface area contributed by atoms with Crippen LogP contribution in [0.4, 0.5) is 9.18 Å². The van der Waals surface area contributed by atoms with Crippen molar-refractivity contribution in [3.05, 3.63) is 35.7 Å². The highest BCUT2D eigenvalue weighted by Gasteiger charge is 2.24. The number of benzene rings is 1. The molecule has 0 atom stereocenters. The first-order chi connectivity index (χ1) is 10.3. The minimum Gasteiger partial charge on any atom is -0.494 e. The van der Waals surface area contributed by atoms with Gasteiger partial charge in [0.2, 0.25) is 0 Å². The number of hydrogen-bond acceptors (Lipinski definition) is 3. The lowest BCUT2D eigenvalue weighted by molar-refractivity contribution is 0.0270. The highest BCUT2D eigenvalue weighted by Crippen LogP contribution is 2.27. The number of ether oxygens (including phenoxy) is 2. The molecule has 1 amide bonds. The molecule has 1 aromatic rings. The van der Waals surface area contributed by atoms with Crippen molar-refractivity contribution < 1.29 is 18.7 Å². The molecule has 2 rings (SSSR count). The molecule has 0 fully saturated rings. The summed E-state index contributed by atoms with van der Waals surface area (Å²) in [6, 6.07) is 4.91. The Morgan fingerprint density at radius 1 is 1.32 bits per heavy atom. The van der Waals surface area contributed by atoms with Crippen LogP contribution in [0.3, 0.4) is 0 Å². The van der Waals surface area contributed by atoms with Crippen LogP contribution in [0.15, 0.2) is 24.3 Å². The normalized spacial score (nSPS) is 15.3. The van der Waals surface area contributed by atoms with E-state index >= 15 is 0 Å². The molecule has 1 aromatic carbocycles. The summed E-state index contributed by atoms with van der Waals surface area (Å²) < 4.78 is 24.0. The fraction of sp³-hybridized carbons (Fsp3) is 0.471. The van der Waals surface area contributed by atoms with E-state index in [1.54, 1.807) is 11.0 Å². The summed E-state index contributed by atoms with van der Waals surface area (Å²) in [7, 11) is 1.44. The van der Waals surface area contributed by atoms with Gasteiger partial charge in [0.25, 0.3) is 0 Å². The molecule has 0 aromatic heterocycles. The van der Waals surface area contributed by atoms with Crippen LogP contribution >= 0.6 is 0 Å². The third-order valence-corrected chi connectivity index (χ3v) is 3.38. The van der Waals surface area contributed by atoms with Gasteiger partial charge in [-0.3, -0.25) is 0 Å². The number of carbonyl (C=O) groups is 1. The molecule has 0 aliphatic carbocycles. The number of methoxy groups -OCH3 is 1. The maximum atomic E-state index is 13.8. The summed E-state index contributed by atoms with van der Waals surface area (Å²) >= 11 is 0. The van der Waals surface area contributed by atoms with Gasteiger partial charge < -0.3 is 14.4 Å². The van der Waals surface area contributed by atoms with E-state index in [1.165, 1.54) is 13.2 Å². The SMILES string of the molecule is COc1ccc(C2=CCN(C(=O)OC(C)(C)C)CC2)cc1F. The zero-order valence-corrected chi connectivity index (χ0v) is 13.5. The number of carbonyl (C=O) groups excluding carboxylic acids is 1. The third kappa shape index (κ3) is 4.00. The number of nitrogens with zero attached hydrogens (tertiary/aromatic N) is 1. The van der Waals surface area contributed by atoms with Gasteiger partial charge >= 0.3 is 6.09 Å². The first-order valence-corrected chi connectivity index (χ1v) is 7.31. The zero-order chi connectivity index (χ0) is 16.3. The van der Waals surface area contributed by atoms with Crippen molar-refractivity contribution in [3.63, 3.8) is 0 Å². The molecular formula is C17H22FNO3. The van der Waals surface area contributed by atoms with Gasteiger partial charge in [0, 0.05) is 13.1 Å². The molecule has 0 unspecified atom stereocenters. The largest absolute Gasteiger partial charge is 0.494 e. The van der Waals surface area contributed by atoms with Crippen LogP contribution in [-0.4, -0.2) is 36.8 Å². The van der Waals surface area contributed by atoms with Crippen LogP contribution in [0, 0.1) is 5.82 Å². The van der Waals surface area contributed by atoms with Gasteiger partial charge in [-0.25, -0.2) is 9.18 Å². The second-order valence-electron chi connectivity index (χ2n) is 6.26. The van der Waals surface area contributed by atoms with Crippen LogP contribution in [0.1, 0.15) is 32.8 Å². The van der Waals surface area contributed by atoms with E-state index in [2.05, 4.69) is 0 Å². The summed E-state index contributed by atoms with van der Waals surface area (Å²) in [6.07, 6.45) is 2.29. The number of rotatable bonds is 2. The Morgan fingerprint density at radius 3 is 2.55 bits per heavy atom. The maximum absolute atomic E-state index is 13.8. The number of halogens is 1. The molecule has 1 heterocycles. The third-order valence-electron chi connectivity index (χ3n) is 3.38. The van der Waals surface area contributed by atoms with E-state index in [4.69, 9.17) is 9.47 Å². The standard InChI is InChI=1S/C17H22FNO3/c1-17(2,3)22-16(20)19-9-7-12(8-10-19)13-5-6-15(21-4)14(18)11-13/h5-7,11H,8-10H2,1-4H3. The molecule has 120 valence electrons. The fourth-order valence-corrected chi connectivity index (χ4v) is 2.29. The minimum atomic E-state index is -0.500. The van der Waals surface area contributed by atoms with Crippen molar-refractivity contribution in [2.75, 3.05) is 20.2 Å². The summed E-state index contributed by atoms with van der Waals surface area (Å²) in [4.78, 5) is 13.6. The summed E-state index contributed by atoms with van der Waals surface area (Å²) in [5.41, 5.74) is 1.35. The molecule has 0 saturated carbocycles. The van der Waals surface area contributed by atoms with Gasteiger partial charge in [-0.1, -0.05) is 12.1 Å². The molecule has 0 saturated heterocycles. The van der Waals surface area contributed by atoms with Crippen molar-refractivity contribution in [1.29, 1.82) is 0 Å². The molecule has 1 aliphatic rings. The summed E-state index contributed by atoms with van der Waals surface area (Å²) in [6.45, 7) is 6.56. The summed E-state index contributed by atoms with van der Waals surface area (Å²) in [5.74, 6) is -0.147. The highest BCUT2D eigenvalue weighted by atomic mass is 19.1. The average molecular weight is 307 g/mol. The fourth-order valence-electron chi connectivity index (χ4n) is 2.29. The Labute approximate surface area is 130 Å². The van der Waals surface area contributed by atoms with E-state index in [1.807, 2.05) is 32.9 Å². The minimum absolute atomic E-state index is 0.232. The van der Waals surface area contributed by atoms with Crippen molar-refractivity contribution in [3.8, 4) is 5.75 Å². The molecule has 0 radical (unpaired) electrons. The van der Waals surface area contributed by atoms with Gasteiger partial charge in [0.05, 0.1) is 7.11 Å². The smallest absolute Gasteiger partial charge is 0.410 e. The van der Waals surface area contributed by atoms with Crippen LogP contribution in [-0.2, 0) is 4.74 Å². The Hall–Kier alpha value is -2.04. The molecule has 22 heavy (non-hydrogen) atoms. The molecule has 0 bridgehead atoms. The van der Waals surface area contributed by atoms with Crippen LogP contribution in [0.5, 0.6) is 5.75 Å². The Bertz CT molecular complexity index is 590. The average Bonchev–Trinajstić information content (AvgIpc) is 2.45. The molecule has 4 nitrogen and oxygen atoms in total. The van der Waals surface area contributed by atoms with Crippen molar-refractivity contribution in [2.45, 2.75) is 32.8 Å². The Morgan fingerprint density at radius 2 is 2.05 bits per heavy atom. The lowest BCUT2D eigenvalue weighted by atomic mass is 9.99. The van der Waals surface area contributed by atoms with Crippen molar-refractivity contribution >= 4 is 11.7 Å². The first kappa shape index (κ1) is 16.3. The number of amides is 1. The first-order valence-electron chi connectivity index (χ1n) is 7.31. The second kappa shape index (κ2) is 6.38. The monoisotopic (exact) mass is 307 g/mol. The van der Waals surface area contributed by atoms with Gasteiger partial charge in [-0.2, -0.15) is 0 Å². The van der Waals surface area contributed by atoms with E-state index in [0.717, 1.165) is 11.1 Å². The predicted octanol–water partition coefficient (Wildman–Crippen LogP) is 3.86. The Balaban J connectivity index is 2.05. The van der Waals surface area contributed by atoms with Crippen molar-refractivity contribution in [2.24, 2.45) is 0 Å². The molecular weight excluding hydrogens is 285 g/mol. The van der Waals surface area contributed by atoms with Crippen LogP contribution < -0.4 is 4.74 Å². The van der Waals surface area contributed by atoms with Crippen LogP contribution in [0.2, 0.25) is 0 Å². The van der Waals surface area contributed by atoms with Crippen LogP contribution in [0.25, 0.3) is 5.57 Å². The van der Waals surface area contributed by atoms with E-state index in [9.17, 15) is 9.18 Å². The number of hydrogen-bond donors (Lipinski definition) is 0. The van der Waals surface area contributed by atoms with E-state index in [-0.39, 0.29) is 17.7 Å². The van der Waals surface area contributed by atoms with Gasteiger partial charge in [-0.05, 0) is 50.5 Å².